The summed E-state index contributed by atoms with van der Waals surface area (Å²) in [6, 6.07) is 5.74. The summed E-state index contributed by atoms with van der Waals surface area (Å²) in [6.07, 6.45) is 4.27. The number of methoxy groups -OCH3 is 3. The Kier molecular flexibility index (Phi) is 6.99. The van der Waals surface area contributed by atoms with E-state index in [2.05, 4.69) is 4.98 Å². The van der Waals surface area contributed by atoms with Crippen LogP contribution in [0.15, 0.2) is 29.4 Å². The molecule has 0 saturated heterocycles. The number of fused-ring (bicyclic) bond motifs is 3. The molecule has 1 fully saturated rings. The third-order valence-electron chi connectivity index (χ3n) is 6.17. The zero-order valence-electron chi connectivity index (χ0n) is 20.0. The van der Waals surface area contributed by atoms with Crippen LogP contribution in [0.25, 0.3) is 0 Å². The minimum Gasteiger partial charge on any atom is -0.493 e. The number of hydrogen-bond donors (Lipinski definition) is 0. The quantitative estimate of drug-likeness (QED) is 0.519. The highest BCUT2D eigenvalue weighted by Crippen LogP contribution is 2.46. The molecule has 10 heteroatoms. The number of rotatable bonds is 8. The minimum absolute atomic E-state index is 0.0162. The first-order chi connectivity index (χ1) is 16.3. The number of ether oxygens (including phenoxy) is 4. The average Bonchev–Trinajstić information content (AvgIpc) is 2.82. The van der Waals surface area contributed by atoms with Gasteiger partial charge < -0.3 is 18.9 Å². The van der Waals surface area contributed by atoms with E-state index in [1.807, 2.05) is 25.1 Å². The summed E-state index contributed by atoms with van der Waals surface area (Å²) >= 11 is 0. The minimum atomic E-state index is -3.55. The summed E-state index contributed by atoms with van der Waals surface area (Å²) in [4.78, 5) is 9.50. The molecule has 0 spiro atoms. The van der Waals surface area contributed by atoms with E-state index in [-0.39, 0.29) is 18.1 Å². The molecule has 1 aliphatic carbocycles. The fourth-order valence-corrected chi connectivity index (χ4v) is 5.45. The molecule has 0 radical (unpaired) electrons. The summed E-state index contributed by atoms with van der Waals surface area (Å²) in [6.45, 7) is 2.41. The summed E-state index contributed by atoms with van der Waals surface area (Å²) in [5.74, 6) is 2.12. The zero-order valence-corrected chi connectivity index (χ0v) is 20.8. The van der Waals surface area contributed by atoms with Crippen LogP contribution in [0.4, 0.5) is 0 Å². The third kappa shape index (κ3) is 4.83. The maximum atomic E-state index is 11.8. The predicted octanol–water partition coefficient (Wildman–Crippen LogP) is 3.34. The predicted molar refractivity (Wildman–Crippen MR) is 127 cm³/mol. The van der Waals surface area contributed by atoms with Crippen molar-refractivity contribution in [3.05, 3.63) is 41.1 Å². The normalized spacial score (nSPS) is 21.7. The highest BCUT2D eigenvalue weighted by atomic mass is 32.2. The Morgan fingerprint density at radius 3 is 2.41 bits per heavy atom. The second kappa shape index (κ2) is 9.79. The molecule has 1 saturated carbocycles. The van der Waals surface area contributed by atoms with Crippen LogP contribution in [0.2, 0.25) is 0 Å². The molecular formula is C24H30N2O7S. The van der Waals surface area contributed by atoms with Crippen molar-refractivity contribution in [2.45, 2.75) is 44.2 Å². The Balaban J connectivity index is 1.83. The van der Waals surface area contributed by atoms with E-state index in [0.717, 1.165) is 28.7 Å². The smallest absolute Gasteiger partial charge is 0.264 e. The standard InChI is InChI=1S/C24H30N2O7S/c1-6-32-21-11-16-17-10-15(33-34(5,27)28)7-8-19(17)26-23(18(16)12-20(21)29-2)14-9-22(30-3)24(31-4)25-13-14/h9,11-13,15,17,19H,6-8,10H2,1-5H3/t15-,17-,19-/m1/s1. The molecule has 2 aliphatic rings. The van der Waals surface area contributed by atoms with Gasteiger partial charge in [-0.3, -0.25) is 9.18 Å². The largest absolute Gasteiger partial charge is 0.493 e. The number of hydrogen-bond acceptors (Lipinski definition) is 9. The third-order valence-corrected chi connectivity index (χ3v) is 6.79. The van der Waals surface area contributed by atoms with Gasteiger partial charge in [0.2, 0.25) is 0 Å². The van der Waals surface area contributed by atoms with Crippen molar-refractivity contribution in [3.63, 3.8) is 0 Å². The molecular weight excluding hydrogens is 460 g/mol. The van der Waals surface area contributed by atoms with E-state index in [4.69, 9.17) is 28.1 Å². The molecule has 2 heterocycles. The summed E-state index contributed by atoms with van der Waals surface area (Å²) in [5.41, 5.74) is 3.47. The molecule has 3 atom stereocenters. The molecule has 1 aromatic carbocycles. The van der Waals surface area contributed by atoms with Crippen LogP contribution in [0, 0.1) is 0 Å². The van der Waals surface area contributed by atoms with Crippen molar-refractivity contribution in [3.8, 4) is 23.1 Å². The first kappa shape index (κ1) is 24.3. The molecule has 1 aromatic heterocycles. The molecule has 9 nitrogen and oxygen atoms in total. The van der Waals surface area contributed by atoms with Gasteiger partial charge in [-0.1, -0.05) is 0 Å². The van der Waals surface area contributed by atoms with Crippen molar-refractivity contribution in [1.82, 2.24) is 4.98 Å². The summed E-state index contributed by atoms with van der Waals surface area (Å²) in [7, 11) is 1.16. The van der Waals surface area contributed by atoms with E-state index in [9.17, 15) is 8.42 Å². The topological polar surface area (TPSA) is 106 Å². The molecule has 184 valence electrons. The highest BCUT2D eigenvalue weighted by Gasteiger charge is 2.39. The fourth-order valence-electron chi connectivity index (χ4n) is 4.78. The first-order valence-electron chi connectivity index (χ1n) is 11.2. The average molecular weight is 491 g/mol. The maximum Gasteiger partial charge on any atom is 0.264 e. The number of aliphatic imine (C=N–C) groups is 1. The lowest BCUT2D eigenvalue weighted by Crippen LogP contribution is -2.36. The van der Waals surface area contributed by atoms with E-state index < -0.39 is 10.1 Å². The number of pyridine rings is 1. The fraction of sp³-hybridized carbons (Fsp3) is 0.500. The molecule has 34 heavy (non-hydrogen) atoms. The molecule has 0 unspecified atom stereocenters. The van der Waals surface area contributed by atoms with Gasteiger partial charge in [0, 0.05) is 23.2 Å². The molecule has 1 aliphatic heterocycles. The molecule has 0 N–H and O–H groups in total. The van der Waals surface area contributed by atoms with Crippen LogP contribution < -0.4 is 18.9 Å². The van der Waals surface area contributed by atoms with Crippen LogP contribution in [-0.4, -0.2) is 65.5 Å². The van der Waals surface area contributed by atoms with E-state index in [0.29, 0.717) is 49.0 Å². The Hall–Kier alpha value is -2.85. The SMILES string of the molecule is CCOc1cc2c(cc1OC)C(c1cnc(OC)c(OC)c1)=N[C@@H]1CC[C@@H](OS(C)(=O)=O)C[C@H]21. The van der Waals surface area contributed by atoms with Crippen LogP contribution in [-0.2, 0) is 14.3 Å². The van der Waals surface area contributed by atoms with Crippen LogP contribution >= 0.6 is 0 Å². The monoisotopic (exact) mass is 490 g/mol. The van der Waals surface area contributed by atoms with Crippen LogP contribution in [0.5, 0.6) is 23.1 Å². The Labute approximate surface area is 200 Å². The van der Waals surface area contributed by atoms with Crippen LogP contribution in [0.1, 0.15) is 48.8 Å². The lowest BCUT2D eigenvalue weighted by Gasteiger charge is -2.38. The van der Waals surface area contributed by atoms with Gasteiger partial charge in [-0.2, -0.15) is 8.42 Å². The van der Waals surface area contributed by atoms with Crippen molar-refractivity contribution >= 4 is 15.8 Å². The van der Waals surface area contributed by atoms with Gasteiger partial charge >= 0.3 is 0 Å². The van der Waals surface area contributed by atoms with Crippen molar-refractivity contribution in [1.29, 1.82) is 0 Å². The number of nitrogens with zero attached hydrogens (tertiary/aromatic N) is 2. The van der Waals surface area contributed by atoms with Gasteiger partial charge in [0.15, 0.2) is 17.2 Å². The molecule has 0 bridgehead atoms. The Morgan fingerprint density at radius 1 is 1.00 bits per heavy atom. The van der Waals surface area contributed by atoms with E-state index in [1.165, 1.54) is 0 Å². The maximum absolute atomic E-state index is 11.8. The summed E-state index contributed by atoms with van der Waals surface area (Å²) < 4.78 is 51.1. The van der Waals surface area contributed by atoms with Crippen LogP contribution in [0.3, 0.4) is 0 Å². The van der Waals surface area contributed by atoms with Gasteiger partial charge in [0.1, 0.15) is 0 Å². The van der Waals surface area contributed by atoms with Gasteiger partial charge in [-0.15, -0.1) is 0 Å². The van der Waals surface area contributed by atoms with Gasteiger partial charge in [-0.05, 0) is 49.9 Å². The number of aromatic nitrogens is 1. The lowest BCUT2D eigenvalue weighted by molar-refractivity contribution is 0.141. The number of benzene rings is 1. The van der Waals surface area contributed by atoms with E-state index >= 15 is 0 Å². The van der Waals surface area contributed by atoms with Gasteiger partial charge in [0.05, 0.1) is 52.0 Å². The molecule has 0 amide bonds. The second-order valence-corrected chi connectivity index (χ2v) is 9.95. The van der Waals surface area contributed by atoms with Crippen molar-refractivity contribution in [2.75, 3.05) is 34.2 Å². The first-order valence-corrected chi connectivity index (χ1v) is 13.0. The van der Waals surface area contributed by atoms with Crippen molar-refractivity contribution in [2.24, 2.45) is 4.99 Å². The second-order valence-electron chi connectivity index (χ2n) is 8.35. The Morgan fingerprint density at radius 2 is 1.76 bits per heavy atom. The lowest BCUT2D eigenvalue weighted by atomic mass is 9.74. The van der Waals surface area contributed by atoms with Gasteiger partial charge in [0.25, 0.3) is 16.0 Å². The molecule has 2 aromatic rings. The Bertz CT molecular complexity index is 1200. The highest BCUT2D eigenvalue weighted by molar-refractivity contribution is 7.86. The van der Waals surface area contributed by atoms with Gasteiger partial charge in [-0.25, -0.2) is 4.98 Å². The van der Waals surface area contributed by atoms with E-state index in [1.54, 1.807) is 27.5 Å². The van der Waals surface area contributed by atoms with Crippen molar-refractivity contribution < 1.29 is 31.5 Å². The molecule has 4 rings (SSSR count). The zero-order chi connectivity index (χ0) is 24.5. The summed E-state index contributed by atoms with van der Waals surface area (Å²) in [5, 5.41) is 0.